The number of methoxy groups -OCH3 is 1. The maximum absolute atomic E-state index is 6.02. The van der Waals surface area contributed by atoms with E-state index in [1.807, 2.05) is 25.1 Å². The number of aromatic nitrogens is 4. The number of rotatable bonds is 8. The standard InChI is InChI=1S/C18H21IN6OS/c1-11(2)9-21-6-7-25-17-15(16(20)22-10-23-17)24-18(25)27-14-8-12(26-3)4-5-13(14)19/h4-5,8,10,21H,1,6-7,9H2,2-3H3,(H2,20,22,23). The number of benzene rings is 1. The fraction of sp³-hybridized carbons (Fsp3) is 0.278. The zero-order valence-electron chi connectivity index (χ0n) is 15.2. The molecule has 0 bridgehead atoms. The molecule has 0 aliphatic rings. The lowest BCUT2D eigenvalue weighted by Crippen LogP contribution is -2.21. The number of fused-ring (bicyclic) bond motifs is 1. The summed E-state index contributed by atoms with van der Waals surface area (Å²) >= 11 is 3.88. The summed E-state index contributed by atoms with van der Waals surface area (Å²) < 4.78 is 8.54. The molecule has 7 nitrogen and oxygen atoms in total. The highest BCUT2D eigenvalue weighted by molar-refractivity contribution is 14.1. The van der Waals surface area contributed by atoms with E-state index in [4.69, 9.17) is 15.5 Å². The maximum atomic E-state index is 6.02. The minimum atomic E-state index is 0.385. The van der Waals surface area contributed by atoms with Gasteiger partial charge < -0.3 is 20.4 Å². The van der Waals surface area contributed by atoms with Gasteiger partial charge in [0.15, 0.2) is 22.1 Å². The summed E-state index contributed by atoms with van der Waals surface area (Å²) in [5.41, 5.74) is 8.47. The fourth-order valence-electron chi connectivity index (χ4n) is 2.49. The monoisotopic (exact) mass is 496 g/mol. The summed E-state index contributed by atoms with van der Waals surface area (Å²) in [5.74, 6) is 1.19. The van der Waals surface area contributed by atoms with Crippen LogP contribution in [0.15, 0.2) is 46.7 Å². The Morgan fingerprint density at radius 3 is 2.96 bits per heavy atom. The quantitative estimate of drug-likeness (QED) is 0.281. The molecule has 0 atom stereocenters. The number of anilines is 1. The maximum Gasteiger partial charge on any atom is 0.175 e. The van der Waals surface area contributed by atoms with Crippen LogP contribution in [-0.2, 0) is 6.54 Å². The van der Waals surface area contributed by atoms with E-state index in [9.17, 15) is 0 Å². The smallest absolute Gasteiger partial charge is 0.175 e. The lowest BCUT2D eigenvalue weighted by molar-refractivity contribution is 0.413. The molecule has 0 amide bonds. The number of nitrogens with zero attached hydrogens (tertiary/aromatic N) is 4. The van der Waals surface area contributed by atoms with Crippen molar-refractivity contribution in [1.82, 2.24) is 24.8 Å². The molecule has 0 saturated heterocycles. The molecule has 0 aliphatic heterocycles. The van der Waals surface area contributed by atoms with Gasteiger partial charge in [0, 0.05) is 28.1 Å². The average molecular weight is 496 g/mol. The van der Waals surface area contributed by atoms with Crippen molar-refractivity contribution in [3.05, 3.63) is 40.2 Å². The highest BCUT2D eigenvalue weighted by Crippen LogP contribution is 2.35. The fourth-order valence-corrected chi connectivity index (χ4v) is 4.12. The molecule has 0 saturated carbocycles. The van der Waals surface area contributed by atoms with Gasteiger partial charge in [0.25, 0.3) is 0 Å². The molecule has 1 aromatic carbocycles. The molecule has 0 aliphatic carbocycles. The van der Waals surface area contributed by atoms with Crippen LogP contribution in [0, 0.1) is 3.57 Å². The van der Waals surface area contributed by atoms with Crippen molar-refractivity contribution in [3.8, 4) is 5.75 Å². The molecule has 0 spiro atoms. The minimum Gasteiger partial charge on any atom is -0.497 e. The number of hydrogen-bond acceptors (Lipinski definition) is 7. The number of hydrogen-bond donors (Lipinski definition) is 2. The first-order valence-electron chi connectivity index (χ1n) is 8.32. The first-order chi connectivity index (χ1) is 13.0. The van der Waals surface area contributed by atoms with E-state index in [-0.39, 0.29) is 0 Å². The third-order valence-electron chi connectivity index (χ3n) is 3.80. The first-order valence-corrected chi connectivity index (χ1v) is 10.2. The van der Waals surface area contributed by atoms with E-state index in [2.05, 4.69) is 49.0 Å². The van der Waals surface area contributed by atoms with Crippen LogP contribution >= 0.6 is 34.4 Å². The molecule has 0 radical (unpaired) electrons. The van der Waals surface area contributed by atoms with E-state index < -0.39 is 0 Å². The number of nitrogens with two attached hydrogens (primary N) is 1. The Labute approximate surface area is 176 Å². The van der Waals surface area contributed by atoms with Gasteiger partial charge in [-0.05, 0) is 47.7 Å². The molecular formula is C18H21IN6OS. The van der Waals surface area contributed by atoms with Crippen LogP contribution in [0.1, 0.15) is 6.92 Å². The minimum absolute atomic E-state index is 0.385. The first kappa shape index (κ1) is 19.9. The van der Waals surface area contributed by atoms with Crippen LogP contribution in [-0.4, -0.2) is 39.7 Å². The number of ether oxygens (including phenoxy) is 1. The average Bonchev–Trinajstić information content (AvgIpc) is 2.99. The molecule has 3 aromatic rings. The predicted molar refractivity (Wildman–Crippen MR) is 117 cm³/mol. The number of nitrogen functional groups attached to an aromatic ring is 1. The van der Waals surface area contributed by atoms with Gasteiger partial charge in [0.05, 0.1) is 7.11 Å². The second-order valence-corrected chi connectivity index (χ2v) is 8.18. The molecule has 3 N–H and O–H groups in total. The van der Waals surface area contributed by atoms with Crippen molar-refractivity contribution in [2.45, 2.75) is 23.5 Å². The van der Waals surface area contributed by atoms with Gasteiger partial charge in [0.2, 0.25) is 0 Å². The van der Waals surface area contributed by atoms with Crippen molar-refractivity contribution >= 4 is 51.3 Å². The molecule has 0 fully saturated rings. The lowest BCUT2D eigenvalue weighted by atomic mass is 10.3. The highest BCUT2D eigenvalue weighted by atomic mass is 127. The van der Waals surface area contributed by atoms with E-state index >= 15 is 0 Å². The van der Waals surface area contributed by atoms with Gasteiger partial charge in [-0.2, -0.15) is 0 Å². The molecule has 2 aromatic heterocycles. The number of nitrogens with one attached hydrogen (secondary N) is 1. The number of halogens is 1. The van der Waals surface area contributed by atoms with Crippen LogP contribution < -0.4 is 15.8 Å². The third-order valence-corrected chi connectivity index (χ3v) is 6.16. The van der Waals surface area contributed by atoms with Gasteiger partial charge in [0.1, 0.15) is 12.1 Å². The van der Waals surface area contributed by atoms with Crippen molar-refractivity contribution in [1.29, 1.82) is 0 Å². The van der Waals surface area contributed by atoms with Crippen molar-refractivity contribution in [2.75, 3.05) is 25.9 Å². The van der Waals surface area contributed by atoms with Gasteiger partial charge in [-0.1, -0.05) is 23.9 Å². The van der Waals surface area contributed by atoms with Crippen LogP contribution in [0.3, 0.4) is 0 Å². The second kappa shape index (κ2) is 8.89. The van der Waals surface area contributed by atoms with Crippen LogP contribution in [0.25, 0.3) is 11.2 Å². The summed E-state index contributed by atoms with van der Waals surface area (Å²) in [6.07, 6.45) is 1.47. The largest absolute Gasteiger partial charge is 0.497 e. The molecule has 9 heteroatoms. The normalized spacial score (nSPS) is 11.1. The molecule has 27 heavy (non-hydrogen) atoms. The summed E-state index contributed by atoms with van der Waals surface area (Å²) in [6, 6.07) is 5.97. The van der Waals surface area contributed by atoms with Crippen LogP contribution in [0.2, 0.25) is 0 Å². The lowest BCUT2D eigenvalue weighted by Gasteiger charge is -2.11. The topological polar surface area (TPSA) is 90.9 Å². The molecule has 0 unspecified atom stereocenters. The van der Waals surface area contributed by atoms with Crippen molar-refractivity contribution in [3.63, 3.8) is 0 Å². The van der Waals surface area contributed by atoms with E-state index in [0.29, 0.717) is 17.9 Å². The van der Waals surface area contributed by atoms with Gasteiger partial charge in [-0.25, -0.2) is 15.0 Å². The van der Waals surface area contributed by atoms with E-state index in [1.165, 1.54) is 6.33 Å². The summed E-state index contributed by atoms with van der Waals surface area (Å²) in [4.78, 5) is 14.2. The molecular weight excluding hydrogens is 475 g/mol. The van der Waals surface area contributed by atoms with Gasteiger partial charge >= 0.3 is 0 Å². The Hall–Kier alpha value is -1.85. The van der Waals surface area contributed by atoms with Crippen LogP contribution in [0.4, 0.5) is 5.82 Å². The Balaban J connectivity index is 1.95. The summed E-state index contributed by atoms with van der Waals surface area (Å²) in [6.45, 7) is 8.17. The van der Waals surface area contributed by atoms with E-state index in [1.54, 1.807) is 18.9 Å². The Morgan fingerprint density at radius 1 is 1.41 bits per heavy atom. The summed E-state index contributed by atoms with van der Waals surface area (Å²) in [5, 5.41) is 4.19. The van der Waals surface area contributed by atoms with Gasteiger partial charge in [-0.3, -0.25) is 0 Å². The molecule has 3 rings (SSSR count). The SMILES string of the molecule is C=C(C)CNCCn1c(Sc2cc(OC)ccc2I)nc2c(N)ncnc21. The highest BCUT2D eigenvalue weighted by Gasteiger charge is 2.17. The molecule has 2 heterocycles. The van der Waals surface area contributed by atoms with Gasteiger partial charge in [-0.15, -0.1) is 0 Å². The Kier molecular flexibility index (Phi) is 6.55. The zero-order valence-corrected chi connectivity index (χ0v) is 18.2. The Morgan fingerprint density at radius 2 is 2.22 bits per heavy atom. The third kappa shape index (κ3) is 4.71. The number of imidazole rings is 1. The second-order valence-electron chi connectivity index (χ2n) is 6.01. The Bertz CT molecular complexity index is 974. The van der Waals surface area contributed by atoms with Crippen molar-refractivity contribution < 1.29 is 4.74 Å². The zero-order chi connectivity index (χ0) is 19.4. The van der Waals surface area contributed by atoms with E-state index in [0.717, 1.165) is 43.7 Å². The van der Waals surface area contributed by atoms with Crippen molar-refractivity contribution in [2.24, 2.45) is 0 Å². The predicted octanol–water partition coefficient (Wildman–Crippen LogP) is 3.34. The summed E-state index contributed by atoms with van der Waals surface area (Å²) in [7, 11) is 1.66. The molecule has 142 valence electrons. The van der Waals surface area contributed by atoms with Crippen LogP contribution in [0.5, 0.6) is 5.75 Å².